The summed E-state index contributed by atoms with van der Waals surface area (Å²) >= 11 is 0. The summed E-state index contributed by atoms with van der Waals surface area (Å²) in [4.78, 5) is 32.2. The average Bonchev–Trinajstić information content (AvgIpc) is 3.11. The number of anilines is 1. The fourth-order valence-electron chi connectivity index (χ4n) is 3.66. The Morgan fingerprint density at radius 1 is 1.31 bits per heavy atom. The number of aryl methyl sites for hydroxylation is 1. The standard InChI is InChI=1S/C22H30N4O3/c1-5-6-12-25(3)22(28)20-24-19(17-9-7-8-13-26(17)20)21(27)23-16-14-15(2)10-11-18(16)29-4/h10-11,14H,5-9,12-13H2,1-4H3,(H,23,27). The van der Waals surface area contributed by atoms with Gasteiger partial charge in [0, 0.05) is 20.1 Å². The highest BCUT2D eigenvalue weighted by atomic mass is 16.5. The second kappa shape index (κ2) is 9.11. The van der Waals surface area contributed by atoms with Crippen molar-refractivity contribution in [2.45, 2.75) is 52.5 Å². The molecule has 0 saturated heterocycles. The average molecular weight is 399 g/mol. The van der Waals surface area contributed by atoms with Crippen LogP contribution < -0.4 is 10.1 Å². The summed E-state index contributed by atoms with van der Waals surface area (Å²) in [5.41, 5.74) is 2.79. The normalized spacial score (nSPS) is 13.0. The van der Waals surface area contributed by atoms with Crippen LogP contribution in [0.5, 0.6) is 5.75 Å². The SMILES string of the molecule is CCCCN(C)C(=O)c1nc(C(=O)Nc2cc(C)ccc2OC)c2n1CCCC2. The molecule has 7 nitrogen and oxygen atoms in total. The number of nitrogens with zero attached hydrogens (tertiary/aromatic N) is 3. The molecule has 1 aliphatic rings. The summed E-state index contributed by atoms with van der Waals surface area (Å²) < 4.78 is 7.29. The highest BCUT2D eigenvalue weighted by Crippen LogP contribution is 2.27. The van der Waals surface area contributed by atoms with Crippen molar-refractivity contribution < 1.29 is 14.3 Å². The van der Waals surface area contributed by atoms with E-state index >= 15 is 0 Å². The lowest BCUT2D eigenvalue weighted by Crippen LogP contribution is -2.31. The lowest BCUT2D eigenvalue weighted by Gasteiger charge is -2.20. The molecule has 2 heterocycles. The number of aromatic nitrogens is 2. The van der Waals surface area contributed by atoms with Gasteiger partial charge in [0.15, 0.2) is 11.5 Å². The third-order valence-electron chi connectivity index (χ3n) is 5.32. The van der Waals surface area contributed by atoms with Gasteiger partial charge in [-0.2, -0.15) is 0 Å². The minimum Gasteiger partial charge on any atom is -0.495 e. The van der Waals surface area contributed by atoms with Gasteiger partial charge in [-0.05, 0) is 50.3 Å². The quantitative estimate of drug-likeness (QED) is 0.772. The predicted molar refractivity (Wildman–Crippen MR) is 113 cm³/mol. The number of benzene rings is 1. The first-order valence-corrected chi connectivity index (χ1v) is 10.3. The third kappa shape index (κ3) is 4.44. The van der Waals surface area contributed by atoms with E-state index in [9.17, 15) is 9.59 Å². The second-order valence-corrected chi connectivity index (χ2v) is 7.58. The molecule has 7 heteroatoms. The molecule has 0 saturated carbocycles. The molecular formula is C22H30N4O3. The van der Waals surface area contributed by atoms with Crippen LogP contribution in [0.1, 0.15) is 65.0 Å². The number of carbonyl (C=O) groups is 2. The van der Waals surface area contributed by atoms with Crippen LogP contribution in [0.3, 0.4) is 0 Å². The smallest absolute Gasteiger partial charge is 0.289 e. The number of fused-ring (bicyclic) bond motifs is 1. The Morgan fingerprint density at radius 2 is 2.10 bits per heavy atom. The summed E-state index contributed by atoms with van der Waals surface area (Å²) in [6, 6.07) is 5.62. The molecule has 1 aromatic heterocycles. The van der Waals surface area contributed by atoms with Gasteiger partial charge in [-0.1, -0.05) is 19.4 Å². The Bertz CT molecular complexity index is 904. The van der Waals surface area contributed by atoms with E-state index in [-0.39, 0.29) is 11.8 Å². The Hall–Kier alpha value is -2.83. The largest absolute Gasteiger partial charge is 0.495 e. The summed E-state index contributed by atoms with van der Waals surface area (Å²) in [6.07, 6.45) is 4.67. The van der Waals surface area contributed by atoms with E-state index in [0.717, 1.165) is 43.4 Å². The maximum atomic E-state index is 13.1. The van der Waals surface area contributed by atoms with Gasteiger partial charge >= 0.3 is 0 Å². The first kappa shape index (κ1) is 20.9. The van der Waals surface area contributed by atoms with Crippen molar-refractivity contribution in [3.63, 3.8) is 0 Å². The van der Waals surface area contributed by atoms with Crippen molar-refractivity contribution in [1.82, 2.24) is 14.5 Å². The number of hydrogen-bond donors (Lipinski definition) is 1. The van der Waals surface area contributed by atoms with Gasteiger partial charge in [-0.3, -0.25) is 9.59 Å². The van der Waals surface area contributed by atoms with Crippen molar-refractivity contribution >= 4 is 17.5 Å². The van der Waals surface area contributed by atoms with Crippen LogP contribution in [0.25, 0.3) is 0 Å². The second-order valence-electron chi connectivity index (χ2n) is 7.58. The zero-order valence-corrected chi connectivity index (χ0v) is 17.7. The molecule has 1 aliphatic heterocycles. The van der Waals surface area contributed by atoms with Crippen molar-refractivity contribution in [3.8, 4) is 5.75 Å². The van der Waals surface area contributed by atoms with E-state index in [2.05, 4.69) is 17.2 Å². The van der Waals surface area contributed by atoms with Gasteiger partial charge in [0.1, 0.15) is 5.75 Å². The molecule has 2 amide bonds. The molecule has 0 spiro atoms. The van der Waals surface area contributed by atoms with E-state index in [1.807, 2.05) is 29.7 Å². The monoisotopic (exact) mass is 398 g/mol. The summed E-state index contributed by atoms with van der Waals surface area (Å²) in [7, 11) is 3.36. The van der Waals surface area contributed by atoms with Gasteiger partial charge < -0.3 is 19.5 Å². The molecular weight excluding hydrogens is 368 g/mol. The van der Waals surface area contributed by atoms with E-state index in [1.54, 1.807) is 19.1 Å². The van der Waals surface area contributed by atoms with Crippen molar-refractivity contribution in [3.05, 3.63) is 41.0 Å². The Morgan fingerprint density at radius 3 is 2.83 bits per heavy atom. The number of amides is 2. The van der Waals surface area contributed by atoms with Crippen LogP contribution in [0, 0.1) is 6.92 Å². The molecule has 3 rings (SSSR count). The summed E-state index contributed by atoms with van der Waals surface area (Å²) in [5.74, 6) is 0.510. The van der Waals surface area contributed by atoms with Gasteiger partial charge in [-0.15, -0.1) is 0 Å². The molecule has 156 valence electrons. The summed E-state index contributed by atoms with van der Waals surface area (Å²) in [5, 5.41) is 2.92. The molecule has 0 aliphatic carbocycles. The lowest BCUT2D eigenvalue weighted by atomic mass is 10.1. The number of imidazole rings is 1. The predicted octanol–water partition coefficient (Wildman–Crippen LogP) is 3.66. The fraction of sp³-hybridized carbons (Fsp3) is 0.500. The van der Waals surface area contributed by atoms with Crippen LogP contribution in [-0.4, -0.2) is 47.0 Å². The van der Waals surface area contributed by atoms with Crippen molar-refractivity contribution in [2.75, 3.05) is 26.0 Å². The van der Waals surface area contributed by atoms with Gasteiger partial charge in [0.2, 0.25) is 0 Å². The molecule has 0 bridgehead atoms. The van der Waals surface area contributed by atoms with Crippen LogP contribution >= 0.6 is 0 Å². The molecule has 0 fully saturated rings. The molecule has 1 N–H and O–H groups in total. The highest BCUT2D eigenvalue weighted by molar-refractivity contribution is 6.05. The molecule has 0 atom stereocenters. The lowest BCUT2D eigenvalue weighted by molar-refractivity contribution is 0.0775. The van der Waals surface area contributed by atoms with Gasteiger partial charge in [0.05, 0.1) is 18.5 Å². The molecule has 0 unspecified atom stereocenters. The maximum Gasteiger partial charge on any atom is 0.289 e. The third-order valence-corrected chi connectivity index (χ3v) is 5.32. The molecule has 0 radical (unpaired) electrons. The van der Waals surface area contributed by atoms with E-state index in [1.165, 1.54) is 0 Å². The fourth-order valence-corrected chi connectivity index (χ4v) is 3.66. The van der Waals surface area contributed by atoms with Crippen LogP contribution in [0.4, 0.5) is 5.69 Å². The number of ether oxygens (including phenoxy) is 1. The van der Waals surface area contributed by atoms with Crippen molar-refractivity contribution in [1.29, 1.82) is 0 Å². The first-order chi connectivity index (χ1) is 14.0. The molecule has 1 aromatic carbocycles. The molecule has 29 heavy (non-hydrogen) atoms. The number of nitrogens with one attached hydrogen (secondary N) is 1. The minimum absolute atomic E-state index is 0.131. The number of carbonyl (C=O) groups excluding carboxylic acids is 2. The van der Waals surface area contributed by atoms with Crippen LogP contribution in [0.15, 0.2) is 18.2 Å². The highest BCUT2D eigenvalue weighted by Gasteiger charge is 2.29. The van der Waals surface area contributed by atoms with Crippen LogP contribution in [-0.2, 0) is 13.0 Å². The number of rotatable bonds is 7. The Labute approximate surface area is 172 Å². The van der Waals surface area contributed by atoms with Gasteiger partial charge in [0.25, 0.3) is 11.8 Å². The topological polar surface area (TPSA) is 76.5 Å². The van der Waals surface area contributed by atoms with E-state index in [4.69, 9.17) is 4.74 Å². The number of hydrogen-bond acceptors (Lipinski definition) is 4. The number of unbranched alkanes of at least 4 members (excludes halogenated alkanes) is 1. The van der Waals surface area contributed by atoms with Crippen molar-refractivity contribution in [2.24, 2.45) is 0 Å². The van der Waals surface area contributed by atoms with E-state index in [0.29, 0.717) is 36.0 Å². The zero-order valence-electron chi connectivity index (χ0n) is 17.7. The van der Waals surface area contributed by atoms with E-state index < -0.39 is 0 Å². The number of methoxy groups -OCH3 is 1. The van der Waals surface area contributed by atoms with Crippen LogP contribution in [0.2, 0.25) is 0 Å². The molecule has 2 aromatic rings. The first-order valence-electron chi connectivity index (χ1n) is 10.3. The van der Waals surface area contributed by atoms with Gasteiger partial charge in [-0.25, -0.2) is 4.98 Å². The summed E-state index contributed by atoms with van der Waals surface area (Å²) in [6.45, 7) is 5.44. The maximum absolute atomic E-state index is 13.1. The zero-order chi connectivity index (χ0) is 21.0. The minimum atomic E-state index is -0.310. The Balaban J connectivity index is 1.92. The Kier molecular flexibility index (Phi) is 6.56.